The molecule has 1 unspecified atom stereocenters. The lowest BCUT2D eigenvalue weighted by Crippen LogP contribution is -2.39. The summed E-state index contributed by atoms with van der Waals surface area (Å²) >= 11 is 0. The van der Waals surface area contributed by atoms with Gasteiger partial charge < -0.3 is 20.2 Å². The monoisotopic (exact) mass is 471 g/mol. The third-order valence-electron chi connectivity index (χ3n) is 3.94. The van der Waals surface area contributed by atoms with E-state index in [1.165, 1.54) is 5.56 Å². The molecule has 3 N–H and O–H groups in total. The molecule has 2 aromatic rings. The molecule has 0 amide bonds. The Morgan fingerprint density at radius 1 is 1.15 bits per heavy atom. The standard InChI is InChI=1S/C20H29N3O2.HI/c1-4-21-19(22-14-8-11-17-9-6-5-7-10-17)23-15-20(3,24)18-13-12-16(2)25-18;/h5-7,9-10,12-13,24H,4,8,11,14-15H2,1-3H3,(H2,21,22,23);1H. The first-order valence-corrected chi connectivity index (χ1v) is 8.86. The highest BCUT2D eigenvalue weighted by atomic mass is 127. The van der Waals surface area contributed by atoms with Crippen LogP contribution in [0.4, 0.5) is 0 Å². The minimum absolute atomic E-state index is 0. The van der Waals surface area contributed by atoms with Crippen molar-refractivity contribution in [3.05, 3.63) is 59.5 Å². The van der Waals surface area contributed by atoms with Crippen LogP contribution in [0.15, 0.2) is 51.9 Å². The van der Waals surface area contributed by atoms with E-state index in [0.29, 0.717) is 11.7 Å². The van der Waals surface area contributed by atoms with Gasteiger partial charge in [0, 0.05) is 13.1 Å². The van der Waals surface area contributed by atoms with Crippen LogP contribution in [0.2, 0.25) is 0 Å². The number of rotatable bonds is 8. The summed E-state index contributed by atoms with van der Waals surface area (Å²) in [5.41, 5.74) is 0.211. The number of hydrogen-bond acceptors (Lipinski definition) is 3. The molecule has 1 heterocycles. The Morgan fingerprint density at radius 3 is 2.50 bits per heavy atom. The van der Waals surface area contributed by atoms with E-state index >= 15 is 0 Å². The maximum absolute atomic E-state index is 10.6. The number of aryl methyl sites for hydroxylation is 2. The summed E-state index contributed by atoms with van der Waals surface area (Å²) in [5.74, 6) is 2.03. The molecule has 144 valence electrons. The normalized spacial score (nSPS) is 13.6. The molecule has 6 heteroatoms. The summed E-state index contributed by atoms with van der Waals surface area (Å²) in [4.78, 5) is 4.50. The Bertz CT molecular complexity index is 669. The van der Waals surface area contributed by atoms with Gasteiger partial charge in [-0.1, -0.05) is 30.3 Å². The van der Waals surface area contributed by atoms with Crippen molar-refractivity contribution in [2.45, 2.75) is 39.2 Å². The third-order valence-corrected chi connectivity index (χ3v) is 3.94. The predicted molar refractivity (Wildman–Crippen MR) is 117 cm³/mol. The van der Waals surface area contributed by atoms with Crippen LogP contribution in [0.5, 0.6) is 0 Å². The second-order valence-electron chi connectivity index (χ2n) is 6.40. The van der Waals surface area contributed by atoms with E-state index in [2.05, 4.69) is 39.9 Å². The highest BCUT2D eigenvalue weighted by Gasteiger charge is 2.26. The summed E-state index contributed by atoms with van der Waals surface area (Å²) in [7, 11) is 0. The molecule has 0 aliphatic carbocycles. The van der Waals surface area contributed by atoms with Gasteiger partial charge in [-0.15, -0.1) is 24.0 Å². The summed E-state index contributed by atoms with van der Waals surface area (Å²) in [5, 5.41) is 17.1. The maximum atomic E-state index is 10.6. The molecule has 0 aliphatic rings. The molecule has 1 atom stereocenters. The van der Waals surface area contributed by atoms with E-state index in [0.717, 1.165) is 31.7 Å². The first-order chi connectivity index (χ1) is 12.0. The van der Waals surface area contributed by atoms with Gasteiger partial charge in [0.1, 0.15) is 17.1 Å². The number of furan rings is 1. The summed E-state index contributed by atoms with van der Waals surface area (Å²) in [6, 6.07) is 14.1. The largest absolute Gasteiger partial charge is 0.463 e. The molecular formula is C20H30IN3O2. The molecule has 0 radical (unpaired) electrons. The Labute approximate surface area is 173 Å². The molecule has 1 aromatic heterocycles. The molecule has 26 heavy (non-hydrogen) atoms. The molecule has 0 spiro atoms. The van der Waals surface area contributed by atoms with Crippen molar-refractivity contribution < 1.29 is 9.52 Å². The molecule has 5 nitrogen and oxygen atoms in total. The van der Waals surface area contributed by atoms with Crippen LogP contribution in [0.25, 0.3) is 0 Å². The van der Waals surface area contributed by atoms with Crippen molar-refractivity contribution in [3.63, 3.8) is 0 Å². The van der Waals surface area contributed by atoms with Gasteiger partial charge in [0.15, 0.2) is 5.96 Å². The molecular weight excluding hydrogens is 441 g/mol. The van der Waals surface area contributed by atoms with Crippen LogP contribution < -0.4 is 10.6 Å². The van der Waals surface area contributed by atoms with Crippen LogP contribution in [0, 0.1) is 6.92 Å². The number of nitrogens with zero attached hydrogens (tertiary/aromatic N) is 1. The van der Waals surface area contributed by atoms with Crippen molar-refractivity contribution in [1.29, 1.82) is 0 Å². The molecule has 1 aromatic carbocycles. The maximum Gasteiger partial charge on any atom is 0.191 e. The number of halogens is 1. The lowest BCUT2D eigenvalue weighted by atomic mass is 10.0. The fraction of sp³-hybridized carbons (Fsp3) is 0.450. The predicted octanol–water partition coefficient (Wildman–Crippen LogP) is 3.60. The fourth-order valence-corrected chi connectivity index (χ4v) is 2.52. The summed E-state index contributed by atoms with van der Waals surface area (Å²) in [6.07, 6.45) is 2.04. The van der Waals surface area contributed by atoms with Gasteiger partial charge in [0.05, 0.1) is 6.54 Å². The van der Waals surface area contributed by atoms with E-state index in [9.17, 15) is 5.11 Å². The Balaban J connectivity index is 0.00000338. The zero-order valence-corrected chi connectivity index (χ0v) is 18.1. The van der Waals surface area contributed by atoms with Crippen molar-refractivity contribution in [3.8, 4) is 0 Å². The average molecular weight is 471 g/mol. The van der Waals surface area contributed by atoms with E-state index in [1.54, 1.807) is 13.0 Å². The van der Waals surface area contributed by atoms with Crippen molar-refractivity contribution >= 4 is 29.9 Å². The van der Waals surface area contributed by atoms with E-state index in [-0.39, 0.29) is 30.5 Å². The van der Waals surface area contributed by atoms with E-state index in [4.69, 9.17) is 4.42 Å². The number of aliphatic imine (C=N–C) groups is 1. The smallest absolute Gasteiger partial charge is 0.191 e. The van der Waals surface area contributed by atoms with Crippen molar-refractivity contribution in [1.82, 2.24) is 10.6 Å². The van der Waals surface area contributed by atoms with E-state index in [1.807, 2.05) is 26.0 Å². The van der Waals surface area contributed by atoms with Gasteiger partial charge in [-0.05, 0) is 51.3 Å². The molecule has 0 saturated heterocycles. The lowest BCUT2D eigenvalue weighted by Gasteiger charge is -2.19. The molecule has 0 bridgehead atoms. The van der Waals surface area contributed by atoms with Gasteiger partial charge in [-0.25, -0.2) is 4.99 Å². The van der Waals surface area contributed by atoms with Gasteiger partial charge in [0.25, 0.3) is 0 Å². The third kappa shape index (κ3) is 7.37. The number of nitrogens with one attached hydrogen (secondary N) is 2. The molecule has 2 rings (SSSR count). The van der Waals surface area contributed by atoms with Gasteiger partial charge in [-0.3, -0.25) is 0 Å². The highest BCUT2D eigenvalue weighted by molar-refractivity contribution is 14.0. The topological polar surface area (TPSA) is 69.8 Å². The minimum atomic E-state index is -1.12. The van der Waals surface area contributed by atoms with Gasteiger partial charge >= 0.3 is 0 Å². The Morgan fingerprint density at radius 2 is 1.88 bits per heavy atom. The van der Waals surface area contributed by atoms with Gasteiger partial charge in [-0.2, -0.15) is 0 Å². The van der Waals surface area contributed by atoms with Gasteiger partial charge in [0.2, 0.25) is 0 Å². The van der Waals surface area contributed by atoms with Crippen LogP contribution in [-0.2, 0) is 12.0 Å². The molecule has 0 aliphatic heterocycles. The SMILES string of the molecule is CCNC(=NCC(C)(O)c1ccc(C)o1)NCCCc1ccccc1.I. The summed E-state index contributed by atoms with van der Waals surface area (Å²) in [6.45, 7) is 7.42. The first kappa shape index (κ1) is 22.5. The van der Waals surface area contributed by atoms with Crippen LogP contribution in [0.3, 0.4) is 0 Å². The summed E-state index contributed by atoms with van der Waals surface area (Å²) < 4.78 is 5.53. The molecule has 0 fully saturated rings. The lowest BCUT2D eigenvalue weighted by molar-refractivity contribution is 0.0428. The minimum Gasteiger partial charge on any atom is -0.463 e. The number of hydrogen-bond donors (Lipinski definition) is 3. The zero-order chi connectivity index (χ0) is 18.1. The van der Waals surface area contributed by atoms with Crippen molar-refractivity contribution in [2.24, 2.45) is 4.99 Å². The molecule has 0 saturated carbocycles. The average Bonchev–Trinajstić information content (AvgIpc) is 3.05. The van der Waals surface area contributed by atoms with Crippen LogP contribution in [0.1, 0.15) is 37.4 Å². The van der Waals surface area contributed by atoms with Crippen molar-refractivity contribution in [2.75, 3.05) is 19.6 Å². The Kier molecular flexibility index (Phi) is 9.72. The first-order valence-electron chi connectivity index (χ1n) is 8.86. The number of guanidine groups is 1. The number of benzene rings is 1. The second kappa shape index (κ2) is 11.2. The van der Waals surface area contributed by atoms with E-state index < -0.39 is 5.60 Å². The van der Waals surface area contributed by atoms with Crippen LogP contribution in [-0.4, -0.2) is 30.7 Å². The highest BCUT2D eigenvalue weighted by Crippen LogP contribution is 2.22. The van der Waals surface area contributed by atoms with Crippen LogP contribution >= 0.6 is 24.0 Å². The second-order valence-corrected chi connectivity index (χ2v) is 6.40. The Hall–Kier alpha value is -1.54. The quantitative estimate of drug-likeness (QED) is 0.238. The number of aliphatic hydroxyl groups is 1. The fourth-order valence-electron chi connectivity index (χ4n) is 2.52. The zero-order valence-electron chi connectivity index (χ0n) is 15.8.